The van der Waals surface area contributed by atoms with Crippen LogP contribution in [0.2, 0.25) is 0 Å². The molecule has 0 bridgehead atoms. The zero-order valence-corrected chi connectivity index (χ0v) is 12.9. The van der Waals surface area contributed by atoms with Gasteiger partial charge in [0.15, 0.2) is 0 Å². The molecule has 1 fully saturated rings. The number of aromatic nitrogens is 3. The van der Waals surface area contributed by atoms with Gasteiger partial charge >= 0.3 is 0 Å². The number of nitrogens with zero attached hydrogens (tertiary/aromatic N) is 3. The molecule has 0 radical (unpaired) electrons. The number of ether oxygens (including phenoxy) is 1. The molecule has 1 aliphatic carbocycles. The van der Waals surface area contributed by atoms with Gasteiger partial charge in [-0.25, -0.2) is 4.68 Å². The van der Waals surface area contributed by atoms with Crippen molar-refractivity contribution in [2.45, 2.75) is 37.8 Å². The molecule has 2 heterocycles. The van der Waals surface area contributed by atoms with Crippen LogP contribution in [0.15, 0.2) is 36.7 Å². The number of hydrogen-bond donors (Lipinski definition) is 1. The SMILES string of the molecule is CC(NCC1(n2ccnn2)CC1)C1COc2ccccc2C1. The summed E-state index contributed by atoms with van der Waals surface area (Å²) in [4.78, 5) is 0. The van der Waals surface area contributed by atoms with Crippen molar-refractivity contribution in [1.29, 1.82) is 0 Å². The predicted octanol–water partition coefficient (Wildman–Crippen LogP) is 2.00. The first-order valence-corrected chi connectivity index (χ1v) is 8.08. The normalized spacial score (nSPS) is 23.4. The van der Waals surface area contributed by atoms with Gasteiger partial charge in [0.1, 0.15) is 5.75 Å². The number of rotatable bonds is 5. The van der Waals surface area contributed by atoms with Gasteiger partial charge in [-0.15, -0.1) is 5.10 Å². The first-order valence-electron chi connectivity index (χ1n) is 8.08. The number of hydrogen-bond acceptors (Lipinski definition) is 4. The molecule has 2 unspecified atom stereocenters. The second-order valence-electron chi connectivity index (χ2n) is 6.62. The summed E-state index contributed by atoms with van der Waals surface area (Å²) in [6, 6.07) is 8.79. The Morgan fingerprint density at radius 1 is 1.41 bits per heavy atom. The van der Waals surface area contributed by atoms with Gasteiger partial charge in [0, 0.05) is 24.7 Å². The summed E-state index contributed by atoms with van der Waals surface area (Å²) in [5.74, 6) is 1.56. The minimum atomic E-state index is 0.151. The molecule has 5 nitrogen and oxygen atoms in total. The Bertz CT molecular complexity index is 636. The molecule has 116 valence electrons. The van der Waals surface area contributed by atoms with E-state index in [2.05, 4.69) is 40.8 Å². The third-order valence-electron chi connectivity index (χ3n) is 5.10. The topological polar surface area (TPSA) is 52.0 Å². The van der Waals surface area contributed by atoms with Crippen LogP contribution in [0.25, 0.3) is 0 Å². The van der Waals surface area contributed by atoms with E-state index in [9.17, 15) is 0 Å². The van der Waals surface area contributed by atoms with Crippen molar-refractivity contribution in [3.8, 4) is 5.75 Å². The van der Waals surface area contributed by atoms with Crippen molar-refractivity contribution in [2.75, 3.05) is 13.2 Å². The molecule has 4 rings (SSSR count). The highest BCUT2D eigenvalue weighted by molar-refractivity contribution is 5.35. The van der Waals surface area contributed by atoms with Gasteiger partial charge in [-0.05, 0) is 37.8 Å². The van der Waals surface area contributed by atoms with Crippen LogP contribution in [0.5, 0.6) is 5.75 Å². The van der Waals surface area contributed by atoms with Crippen LogP contribution in [-0.2, 0) is 12.0 Å². The third kappa shape index (κ3) is 2.50. The molecule has 2 aliphatic rings. The Hall–Kier alpha value is -1.88. The largest absolute Gasteiger partial charge is 0.493 e. The van der Waals surface area contributed by atoms with Gasteiger partial charge in [0.05, 0.1) is 18.3 Å². The number of para-hydroxylation sites is 1. The molecule has 2 atom stereocenters. The van der Waals surface area contributed by atoms with E-state index in [4.69, 9.17) is 4.74 Å². The van der Waals surface area contributed by atoms with E-state index in [1.807, 2.05) is 16.9 Å². The quantitative estimate of drug-likeness (QED) is 0.917. The molecular weight excluding hydrogens is 276 g/mol. The van der Waals surface area contributed by atoms with Gasteiger partial charge in [-0.1, -0.05) is 23.4 Å². The maximum absolute atomic E-state index is 5.91. The Morgan fingerprint density at radius 2 is 2.27 bits per heavy atom. The van der Waals surface area contributed by atoms with E-state index in [-0.39, 0.29) is 5.54 Å². The number of benzene rings is 1. The average Bonchev–Trinajstić information content (AvgIpc) is 3.15. The fraction of sp³-hybridized carbons (Fsp3) is 0.529. The molecule has 5 heteroatoms. The smallest absolute Gasteiger partial charge is 0.122 e. The van der Waals surface area contributed by atoms with Gasteiger partial charge in [0.2, 0.25) is 0 Å². The zero-order valence-electron chi connectivity index (χ0n) is 12.9. The van der Waals surface area contributed by atoms with Crippen LogP contribution in [0.4, 0.5) is 0 Å². The Morgan fingerprint density at radius 3 is 3.05 bits per heavy atom. The summed E-state index contributed by atoms with van der Waals surface area (Å²) in [6.07, 6.45) is 7.18. The Kier molecular flexibility index (Phi) is 3.37. The second-order valence-corrected chi connectivity index (χ2v) is 6.62. The molecule has 0 amide bonds. The lowest BCUT2D eigenvalue weighted by molar-refractivity contribution is 0.185. The summed E-state index contributed by atoms with van der Waals surface area (Å²) in [6.45, 7) is 4.01. The lowest BCUT2D eigenvalue weighted by Gasteiger charge is -2.31. The fourth-order valence-corrected chi connectivity index (χ4v) is 3.28. The zero-order chi connectivity index (χ0) is 15.0. The predicted molar refractivity (Wildman–Crippen MR) is 83.8 cm³/mol. The molecule has 2 aromatic rings. The molecule has 0 spiro atoms. The lowest BCUT2D eigenvalue weighted by atomic mass is 9.91. The minimum absolute atomic E-state index is 0.151. The van der Waals surface area contributed by atoms with Gasteiger partial charge in [-0.2, -0.15) is 0 Å². The number of nitrogens with one attached hydrogen (secondary N) is 1. The molecule has 1 aromatic heterocycles. The molecule has 1 saturated carbocycles. The highest BCUT2D eigenvalue weighted by Crippen LogP contribution is 2.42. The maximum Gasteiger partial charge on any atom is 0.122 e. The number of fused-ring (bicyclic) bond motifs is 1. The van der Waals surface area contributed by atoms with Crippen molar-refractivity contribution in [3.05, 3.63) is 42.2 Å². The molecular formula is C17H22N4O. The summed E-state index contributed by atoms with van der Waals surface area (Å²) < 4.78 is 7.92. The summed E-state index contributed by atoms with van der Waals surface area (Å²) in [7, 11) is 0. The maximum atomic E-state index is 5.91. The van der Waals surface area contributed by atoms with Crippen molar-refractivity contribution < 1.29 is 4.74 Å². The molecule has 1 N–H and O–H groups in total. The first kappa shape index (κ1) is 13.8. The van der Waals surface area contributed by atoms with Crippen LogP contribution < -0.4 is 10.1 Å². The highest BCUT2D eigenvalue weighted by Gasteiger charge is 2.45. The molecule has 1 aromatic carbocycles. The van der Waals surface area contributed by atoms with Gasteiger partial charge in [0.25, 0.3) is 0 Å². The van der Waals surface area contributed by atoms with Crippen molar-refractivity contribution in [1.82, 2.24) is 20.3 Å². The van der Waals surface area contributed by atoms with E-state index in [0.29, 0.717) is 12.0 Å². The summed E-state index contributed by atoms with van der Waals surface area (Å²) in [5.41, 5.74) is 1.47. The lowest BCUT2D eigenvalue weighted by Crippen LogP contribution is -2.44. The summed E-state index contributed by atoms with van der Waals surface area (Å²) in [5, 5.41) is 11.8. The highest BCUT2D eigenvalue weighted by atomic mass is 16.5. The van der Waals surface area contributed by atoms with E-state index in [0.717, 1.165) is 25.3 Å². The van der Waals surface area contributed by atoms with E-state index in [1.54, 1.807) is 6.20 Å². The molecule has 1 aliphatic heterocycles. The van der Waals surface area contributed by atoms with Crippen molar-refractivity contribution in [2.24, 2.45) is 5.92 Å². The second kappa shape index (κ2) is 5.39. The van der Waals surface area contributed by atoms with E-state index in [1.165, 1.54) is 18.4 Å². The van der Waals surface area contributed by atoms with Crippen molar-refractivity contribution in [3.63, 3.8) is 0 Å². The first-order chi connectivity index (χ1) is 10.8. The van der Waals surface area contributed by atoms with Crippen LogP contribution in [-0.4, -0.2) is 34.2 Å². The van der Waals surface area contributed by atoms with Crippen molar-refractivity contribution >= 4 is 0 Å². The monoisotopic (exact) mass is 298 g/mol. The van der Waals surface area contributed by atoms with E-state index < -0.39 is 0 Å². The summed E-state index contributed by atoms with van der Waals surface area (Å²) >= 11 is 0. The van der Waals surface area contributed by atoms with Crippen LogP contribution >= 0.6 is 0 Å². The Labute approximate surface area is 130 Å². The van der Waals surface area contributed by atoms with Gasteiger partial charge < -0.3 is 10.1 Å². The fourth-order valence-electron chi connectivity index (χ4n) is 3.28. The van der Waals surface area contributed by atoms with Crippen LogP contribution in [0.1, 0.15) is 25.3 Å². The molecule has 0 saturated heterocycles. The standard InChI is InChI=1S/C17H22N4O/c1-13(15-10-14-4-2-3-5-16(14)22-11-15)18-12-17(6-7-17)21-9-8-19-20-21/h2-5,8-9,13,15,18H,6-7,10-12H2,1H3. The molecule has 22 heavy (non-hydrogen) atoms. The van der Waals surface area contributed by atoms with Gasteiger partial charge in [-0.3, -0.25) is 0 Å². The van der Waals surface area contributed by atoms with E-state index >= 15 is 0 Å². The van der Waals surface area contributed by atoms with Crippen LogP contribution in [0.3, 0.4) is 0 Å². The average molecular weight is 298 g/mol. The third-order valence-corrected chi connectivity index (χ3v) is 5.10. The minimum Gasteiger partial charge on any atom is -0.493 e. The Balaban J connectivity index is 1.37. The van der Waals surface area contributed by atoms with Crippen LogP contribution in [0, 0.1) is 5.92 Å².